The lowest BCUT2D eigenvalue weighted by molar-refractivity contribution is -0.122. The Morgan fingerprint density at radius 3 is 2.30 bits per heavy atom. The molecule has 0 aliphatic carbocycles. The number of piperazine rings is 1. The highest BCUT2D eigenvalue weighted by atomic mass is 32.2. The van der Waals surface area contributed by atoms with Crippen molar-refractivity contribution in [3.8, 4) is 5.75 Å². The van der Waals surface area contributed by atoms with Crippen molar-refractivity contribution in [1.29, 1.82) is 0 Å². The van der Waals surface area contributed by atoms with Gasteiger partial charge in [-0.2, -0.15) is 0 Å². The smallest absolute Gasteiger partial charge is 0.248 e. The van der Waals surface area contributed by atoms with E-state index in [9.17, 15) is 9.59 Å². The number of fused-ring (bicyclic) bond motifs is 1. The van der Waals surface area contributed by atoms with Crippen molar-refractivity contribution in [2.75, 3.05) is 63.1 Å². The zero-order chi connectivity index (χ0) is 31.3. The minimum Gasteiger partial charge on any atom is -0.493 e. The summed E-state index contributed by atoms with van der Waals surface area (Å²) in [6.07, 6.45) is 1.97. The first kappa shape index (κ1) is 32.1. The van der Waals surface area contributed by atoms with E-state index < -0.39 is 4.75 Å². The molecule has 0 spiro atoms. The van der Waals surface area contributed by atoms with Crippen molar-refractivity contribution >= 4 is 35.0 Å². The first-order chi connectivity index (χ1) is 21.2. The third-order valence-corrected chi connectivity index (χ3v) is 10.7. The third-order valence-electron chi connectivity index (χ3n) is 8.92. The molecule has 2 aliphatic rings. The highest BCUT2D eigenvalue weighted by molar-refractivity contribution is 8.01. The molecule has 2 amide bonds. The number of hydrogen-bond acceptors (Lipinski definition) is 6. The van der Waals surface area contributed by atoms with Crippen LogP contribution in [0.15, 0.2) is 71.6 Å². The van der Waals surface area contributed by atoms with Crippen LogP contribution in [0, 0.1) is 19.8 Å². The lowest BCUT2D eigenvalue weighted by atomic mass is 9.85. The van der Waals surface area contributed by atoms with E-state index >= 15 is 0 Å². The molecule has 3 aromatic carbocycles. The Morgan fingerprint density at radius 1 is 0.909 bits per heavy atom. The lowest BCUT2D eigenvalue weighted by Gasteiger charge is -2.44. The van der Waals surface area contributed by atoms with E-state index in [0.29, 0.717) is 13.2 Å². The number of anilines is 2. The largest absolute Gasteiger partial charge is 0.493 e. The number of nitrogens with zero attached hydrogens (tertiary/aromatic N) is 3. The van der Waals surface area contributed by atoms with Gasteiger partial charge in [0.1, 0.15) is 10.5 Å². The molecule has 234 valence electrons. The molecule has 2 aliphatic heterocycles. The molecule has 0 saturated carbocycles. The first-order valence-electron chi connectivity index (χ1n) is 15.8. The van der Waals surface area contributed by atoms with Crippen molar-refractivity contribution in [1.82, 2.24) is 9.80 Å². The van der Waals surface area contributed by atoms with Crippen LogP contribution in [-0.4, -0.2) is 74.5 Å². The van der Waals surface area contributed by atoms with E-state index in [1.54, 1.807) is 16.7 Å². The third kappa shape index (κ3) is 6.82. The minimum absolute atomic E-state index is 0.0525. The van der Waals surface area contributed by atoms with E-state index in [1.807, 2.05) is 75.5 Å². The lowest BCUT2D eigenvalue weighted by Crippen LogP contribution is -2.49. The van der Waals surface area contributed by atoms with Gasteiger partial charge in [0.2, 0.25) is 11.8 Å². The number of carbonyl (C=O) groups excluding carboxylic acids is 2. The maximum absolute atomic E-state index is 14.0. The number of rotatable bonds is 11. The Hall–Kier alpha value is -3.33. The summed E-state index contributed by atoms with van der Waals surface area (Å²) in [5.74, 6) is 1.00. The number of amides is 2. The van der Waals surface area contributed by atoms with Gasteiger partial charge in [-0.1, -0.05) is 62.4 Å². The average Bonchev–Trinajstić information content (AvgIpc) is 3.01. The summed E-state index contributed by atoms with van der Waals surface area (Å²) in [5, 5.41) is 3.11. The number of para-hydroxylation sites is 3. The number of unbranched alkanes of at least 4 members (excludes halogenated alkanes) is 1. The Balaban J connectivity index is 1.10. The van der Waals surface area contributed by atoms with Crippen LogP contribution < -0.4 is 15.0 Å². The van der Waals surface area contributed by atoms with Gasteiger partial charge in [0.15, 0.2) is 0 Å². The second-order valence-corrected chi connectivity index (χ2v) is 13.6. The molecule has 5 rings (SSSR count). The number of carbonyl (C=O) groups is 2. The molecule has 44 heavy (non-hydrogen) atoms. The quantitative estimate of drug-likeness (QED) is 0.255. The maximum Gasteiger partial charge on any atom is 0.248 e. The van der Waals surface area contributed by atoms with Gasteiger partial charge in [-0.15, -0.1) is 11.8 Å². The number of nitrogens with one attached hydrogen (secondary N) is 1. The predicted octanol–water partition coefficient (Wildman–Crippen LogP) is 6.34. The Kier molecular flexibility index (Phi) is 10.3. The molecule has 3 aromatic rings. The summed E-state index contributed by atoms with van der Waals surface area (Å²) in [6.45, 7) is 14.1. The monoisotopic (exact) mass is 614 g/mol. The molecule has 0 bridgehead atoms. The normalized spacial score (nSPS) is 19.2. The summed E-state index contributed by atoms with van der Waals surface area (Å²) >= 11 is 1.65. The van der Waals surface area contributed by atoms with Gasteiger partial charge < -0.3 is 19.9 Å². The first-order valence-corrected chi connectivity index (χ1v) is 16.6. The molecule has 1 atom stereocenters. The number of aryl methyl sites for hydroxylation is 2. The molecule has 2 heterocycles. The second kappa shape index (κ2) is 14.2. The molecule has 7 nitrogen and oxygen atoms in total. The highest BCUT2D eigenvalue weighted by Gasteiger charge is 2.51. The number of thioether (sulfide) groups is 1. The number of likely N-dealkylation sites (N-methyl/N-ethyl adjacent to an activating group) is 1. The molecule has 1 saturated heterocycles. The van der Waals surface area contributed by atoms with Crippen LogP contribution in [0.5, 0.6) is 5.75 Å². The van der Waals surface area contributed by atoms with Crippen molar-refractivity contribution in [2.24, 2.45) is 5.92 Å². The number of ether oxygens (including phenoxy) is 1. The molecule has 0 aromatic heterocycles. The summed E-state index contributed by atoms with van der Waals surface area (Å²) in [7, 11) is 1.88. The zero-order valence-corrected chi connectivity index (χ0v) is 27.6. The van der Waals surface area contributed by atoms with Crippen LogP contribution in [0.3, 0.4) is 0 Å². The van der Waals surface area contributed by atoms with Gasteiger partial charge in [-0.05, 0) is 68.5 Å². The van der Waals surface area contributed by atoms with Gasteiger partial charge in [0.25, 0.3) is 0 Å². The fourth-order valence-electron chi connectivity index (χ4n) is 6.33. The summed E-state index contributed by atoms with van der Waals surface area (Å²) < 4.78 is 5.64. The van der Waals surface area contributed by atoms with Crippen LogP contribution in [0.25, 0.3) is 0 Å². The van der Waals surface area contributed by atoms with Gasteiger partial charge in [0, 0.05) is 49.4 Å². The van der Waals surface area contributed by atoms with E-state index in [0.717, 1.165) is 84.3 Å². The number of benzene rings is 3. The highest BCUT2D eigenvalue weighted by Crippen LogP contribution is 2.56. The van der Waals surface area contributed by atoms with E-state index in [-0.39, 0.29) is 17.7 Å². The van der Waals surface area contributed by atoms with Crippen LogP contribution in [0.1, 0.15) is 43.4 Å². The van der Waals surface area contributed by atoms with Crippen LogP contribution >= 0.6 is 11.8 Å². The van der Waals surface area contributed by atoms with Crippen molar-refractivity contribution in [3.05, 3.63) is 83.4 Å². The summed E-state index contributed by atoms with van der Waals surface area (Å²) in [6, 6.07) is 22.3. The maximum atomic E-state index is 14.0. The SMILES string of the molecule is Cc1cccc(C)c1NC(=O)CN1CCN(CCCCOc2ccccc2C2(C(C)C)Sc3ccccc3N(C)C2=O)CC1. The molecule has 1 unspecified atom stereocenters. The van der Waals surface area contributed by atoms with Gasteiger partial charge in [0.05, 0.1) is 18.8 Å². The van der Waals surface area contributed by atoms with Gasteiger partial charge >= 0.3 is 0 Å². The summed E-state index contributed by atoms with van der Waals surface area (Å²) in [5.41, 5.74) is 5.02. The van der Waals surface area contributed by atoms with E-state index in [2.05, 4.69) is 41.1 Å². The molecule has 1 N–H and O–H groups in total. The predicted molar refractivity (Wildman–Crippen MR) is 181 cm³/mol. The van der Waals surface area contributed by atoms with Gasteiger partial charge in [-0.25, -0.2) is 0 Å². The van der Waals surface area contributed by atoms with Crippen LogP contribution in [0.2, 0.25) is 0 Å². The Morgan fingerprint density at radius 2 is 1.57 bits per heavy atom. The van der Waals surface area contributed by atoms with Crippen molar-refractivity contribution in [3.63, 3.8) is 0 Å². The van der Waals surface area contributed by atoms with E-state index in [1.165, 1.54) is 0 Å². The summed E-state index contributed by atoms with van der Waals surface area (Å²) in [4.78, 5) is 34.3. The van der Waals surface area contributed by atoms with Crippen LogP contribution in [0.4, 0.5) is 11.4 Å². The Bertz CT molecular complexity index is 1450. The van der Waals surface area contributed by atoms with Crippen molar-refractivity contribution in [2.45, 2.75) is 50.2 Å². The standard InChI is InChI=1S/C36H46N4O3S/c1-26(2)36(35(42)38(5)30-16-7-9-18-32(30)44-36)29-15-6-8-17-31(29)43-24-11-10-19-39-20-22-40(23-21-39)25-33(41)37-34-27(3)13-12-14-28(34)4/h6-9,12-18,26H,10-11,19-25H2,1-5H3,(H,37,41). The zero-order valence-electron chi connectivity index (χ0n) is 26.8. The molecular formula is C36H46N4O3S. The molecule has 0 radical (unpaired) electrons. The minimum atomic E-state index is -0.755. The van der Waals surface area contributed by atoms with Crippen molar-refractivity contribution < 1.29 is 14.3 Å². The molecule has 1 fully saturated rings. The average molecular weight is 615 g/mol. The Labute approximate surface area is 266 Å². The molecular weight excluding hydrogens is 568 g/mol. The topological polar surface area (TPSA) is 65.1 Å². The second-order valence-electron chi connectivity index (χ2n) is 12.3. The van der Waals surface area contributed by atoms with Crippen LogP contribution in [-0.2, 0) is 14.3 Å². The molecule has 8 heteroatoms. The van der Waals surface area contributed by atoms with Gasteiger partial charge in [-0.3, -0.25) is 14.5 Å². The fraction of sp³-hybridized carbons (Fsp3) is 0.444. The van der Waals surface area contributed by atoms with E-state index in [4.69, 9.17) is 4.74 Å². The number of hydrogen-bond donors (Lipinski definition) is 1. The fourth-order valence-corrected chi connectivity index (χ4v) is 7.87.